The van der Waals surface area contributed by atoms with E-state index in [1.165, 1.54) is 0 Å². The maximum Gasteiger partial charge on any atom is 0.251 e. The number of carbonyl (C=O) groups excluding carboxylic acids is 2. The van der Waals surface area contributed by atoms with Crippen molar-refractivity contribution in [1.29, 1.82) is 0 Å². The number of benzene rings is 1. The van der Waals surface area contributed by atoms with Crippen LogP contribution in [0.3, 0.4) is 0 Å². The summed E-state index contributed by atoms with van der Waals surface area (Å²) in [6, 6.07) is 9.05. The molecule has 2 heterocycles. The minimum Gasteiger partial charge on any atom is -0.475 e. The summed E-state index contributed by atoms with van der Waals surface area (Å²) in [6.45, 7) is 4.17. The number of aromatic nitrogens is 1. The van der Waals surface area contributed by atoms with E-state index < -0.39 is 0 Å². The molecule has 26 heavy (non-hydrogen) atoms. The van der Waals surface area contributed by atoms with Gasteiger partial charge in [-0.3, -0.25) is 9.59 Å². The van der Waals surface area contributed by atoms with Crippen LogP contribution in [0.1, 0.15) is 36.2 Å². The highest BCUT2D eigenvalue weighted by molar-refractivity contribution is 7.99. The zero-order chi connectivity index (χ0) is 18.5. The Morgan fingerprint density at radius 2 is 2.23 bits per heavy atom. The number of thioether (sulfide) groups is 1. The molecule has 0 unspecified atom stereocenters. The number of nitrogens with one attached hydrogen (secondary N) is 2. The topological polar surface area (TPSA) is 80.3 Å². The third kappa shape index (κ3) is 4.54. The van der Waals surface area contributed by atoms with Gasteiger partial charge in [0.25, 0.3) is 5.91 Å². The van der Waals surface area contributed by atoms with Crippen LogP contribution < -0.4 is 15.4 Å². The van der Waals surface area contributed by atoms with Crippen LogP contribution in [0.5, 0.6) is 5.88 Å². The van der Waals surface area contributed by atoms with Crippen molar-refractivity contribution in [2.24, 2.45) is 0 Å². The number of carbonyl (C=O) groups is 2. The standard InChI is InChI=1S/C19H21N3O3S/c1-12(2)25-19-14(4-3-8-20-19)11-21-18(24)13-5-6-16-15(10-13)22-17(23)7-9-26-16/h3-6,8,10,12H,7,9,11H2,1-2H3,(H,21,24)(H,22,23). The normalized spacial score (nSPS) is 13.6. The first kappa shape index (κ1) is 18.3. The van der Waals surface area contributed by atoms with Crippen LogP contribution in [0, 0.1) is 0 Å². The van der Waals surface area contributed by atoms with E-state index in [-0.39, 0.29) is 17.9 Å². The number of fused-ring (bicyclic) bond motifs is 1. The largest absolute Gasteiger partial charge is 0.475 e. The molecular weight excluding hydrogens is 350 g/mol. The van der Waals surface area contributed by atoms with Gasteiger partial charge in [-0.15, -0.1) is 11.8 Å². The Hall–Kier alpha value is -2.54. The Morgan fingerprint density at radius 3 is 3.04 bits per heavy atom. The highest BCUT2D eigenvalue weighted by atomic mass is 32.2. The van der Waals surface area contributed by atoms with Gasteiger partial charge in [0.15, 0.2) is 0 Å². The molecule has 136 valence electrons. The Balaban J connectivity index is 1.70. The molecule has 0 atom stereocenters. The van der Waals surface area contributed by atoms with Crippen LogP contribution in [0.2, 0.25) is 0 Å². The SMILES string of the molecule is CC(C)Oc1ncccc1CNC(=O)c1ccc2c(c1)NC(=O)CCS2. The van der Waals surface area contributed by atoms with Gasteiger partial charge in [-0.1, -0.05) is 6.07 Å². The molecular formula is C19H21N3O3S. The van der Waals surface area contributed by atoms with Crippen molar-refractivity contribution in [1.82, 2.24) is 10.3 Å². The molecule has 0 bridgehead atoms. The molecule has 7 heteroatoms. The average molecular weight is 371 g/mol. The molecule has 0 fully saturated rings. The molecule has 1 aliphatic heterocycles. The fourth-order valence-electron chi connectivity index (χ4n) is 2.53. The lowest BCUT2D eigenvalue weighted by Gasteiger charge is -2.14. The van der Waals surface area contributed by atoms with Gasteiger partial charge in [0.1, 0.15) is 0 Å². The van der Waals surface area contributed by atoms with Crippen LogP contribution in [-0.4, -0.2) is 28.7 Å². The molecule has 0 saturated heterocycles. The van der Waals surface area contributed by atoms with Crippen LogP contribution in [0.15, 0.2) is 41.4 Å². The van der Waals surface area contributed by atoms with Crippen LogP contribution >= 0.6 is 11.8 Å². The third-order valence-corrected chi connectivity index (χ3v) is 4.81. The Morgan fingerprint density at radius 1 is 1.38 bits per heavy atom. The molecule has 2 amide bonds. The molecule has 6 nitrogen and oxygen atoms in total. The zero-order valence-electron chi connectivity index (χ0n) is 14.7. The van der Waals surface area contributed by atoms with Crippen molar-refractivity contribution in [3.8, 4) is 5.88 Å². The molecule has 0 saturated carbocycles. The lowest BCUT2D eigenvalue weighted by molar-refractivity contribution is -0.115. The molecule has 3 rings (SSSR count). The predicted octanol–water partition coefficient (Wildman–Crippen LogP) is 3.23. The molecule has 1 aromatic heterocycles. The lowest BCUT2D eigenvalue weighted by Crippen LogP contribution is -2.24. The number of hydrogen-bond acceptors (Lipinski definition) is 5. The Labute approximate surface area is 156 Å². The highest BCUT2D eigenvalue weighted by Gasteiger charge is 2.16. The van der Waals surface area contributed by atoms with E-state index >= 15 is 0 Å². The second-order valence-corrected chi connectivity index (χ2v) is 7.31. The summed E-state index contributed by atoms with van der Waals surface area (Å²) in [5.41, 5.74) is 2.00. The molecule has 1 aliphatic rings. The fraction of sp³-hybridized carbons (Fsp3) is 0.316. The van der Waals surface area contributed by atoms with E-state index in [2.05, 4.69) is 15.6 Å². The number of anilines is 1. The molecule has 0 radical (unpaired) electrons. The summed E-state index contributed by atoms with van der Waals surface area (Å²) in [7, 11) is 0. The third-order valence-electron chi connectivity index (χ3n) is 3.74. The first-order chi connectivity index (χ1) is 12.5. The number of pyridine rings is 1. The minimum absolute atomic E-state index is 0.00467. The average Bonchev–Trinajstić information content (AvgIpc) is 2.80. The molecule has 0 aliphatic carbocycles. The van der Waals surface area contributed by atoms with E-state index in [1.807, 2.05) is 32.0 Å². The molecule has 2 N–H and O–H groups in total. The Bertz CT molecular complexity index is 823. The second kappa shape index (κ2) is 8.23. The summed E-state index contributed by atoms with van der Waals surface area (Å²) in [5, 5.41) is 5.74. The van der Waals surface area contributed by atoms with Crippen molar-refractivity contribution in [3.63, 3.8) is 0 Å². The van der Waals surface area contributed by atoms with Gasteiger partial charge in [0.2, 0.25) is 11.8 Å². The number of rotatable bonds is 5. The lowest BCUT2D eigenvalue weighted by atomic mass is 10.1. The van der Waals surface area contributed by atoms with Crippen LogP contribution in [0.4, 0.5) is 5.69 Å². The van der Waals surface area contributed by atoms with Gasteiger partial charge in [-0.05, 0) is 38.1 Å². The molecule has 1 aromatic carbocycles. The van der Waals surface area contributed by atoms with Crippen LogP contribution in [-0.2, 0) is 11.3 Å². The van der Waals surface area contributed by atoms with Crippen LogP contribution in [0.25, 0.3) is 0 Å². The number of nitrogens with zero attached hydrogens (tertiary/aromatic N) is 1. The van der Waals surface area contributed by atoms with Crippen molar-refractivity contribution in [2.45, 2.75) is 37.8 Å². The van der Waals surface area contributed by atoms with Gasteiger partial charge in [-0.25, -0.2) is 4.98 Å². The second-order valence-electron chi connectivity index (χ2n) is 6.17. The first-order valence-electron chi connectivity index (χ1n) is 8.48. The van der Waals surface area contributed by atoms with Crippen molar-refractivity contribution < 1.29 is 14.3 Å². The van der Waals surface area contributed by atoms with E-state index in [1.54, 1.807) is 30.1 Å². The van der Waals surface area contributed by atoms with Gasteiger partial charge in [-0.2, -0.15) is 0 Å². The van der Waals surface area contributed by atoms with Gasteiger partial charge in [0.05, 0.1) is 11.8 Å². The first-order valence-corrected chi connectivity index (χ1v) is 9.47. The van der Waals surface area contributed by atoms with E-state index in [9.17, 15) is 9.59 Å². The van der Waals surface area contributed by atoms with E-state index in [4.69, 9.17) is 4.74 Å². The monoisotopic (exact) mass is 371 g/mol. The maximum atomic E-state index is 12.5. The van der Waals surface area contributed by atoms with Crippen molar-refractivity contribution in [3.05, 3.63) is 47.7 Å². The fourth-order valence-corrected chi connectivity index (χ4v) is 3.46. The summed E-state index contributed by atoms with van der Waals surface area (Å²) in [6.07, 6.45) is 2.14. The number of hydrogen-bond donors (Lipinski definition) is 2. The highest BCUT2D eigenvalue weighted by Crippen LogP contribution is 2.31. The molecule has 2 aromatic rings. The Kier molecular flexibility index (Phi) is 5.78. The smallest absolute Gasteiger partial charge is 0.251 e. The summed E-state index contributed by atoms with van der Waals surface area (Å²) in [5.74, 6) is 1.02. The van der Waals surface area contributed by atoms with Gasteiger partial charge in [0, 0.05) is 40.9 Å². The van der Waals surface area contributed by atoms with Gasteiger partial charge < -0.3 is 15.4 Å². The zero-order valence-corrected chi connectivity index (χ0v) is 15.6. The van der Waals surface area contributed by atoms with Crippen molar-refractivity contribution in [2.75, 3.05) is 11.1 Å². The molecule has 0 spiro atoms. The number of amides is 2. The van der Waals surface area contributed by atoms with Crippen molar-refractivity contribution >= 4 is 29.3 Å². The quantitative estimate of drug-likeness (QED) is 0.843. The van der Waals surface area contributed by atoms with E-state index in [0.29, 0.717) is 30.1 Å². The maximum absolute atomic E-state index is 12.5. The summed E-state index contributed by atoms with van der Waals surface area (Å²) in [4.78, 5) is 29.4. The number of ether oxygens (including phenoxy) is 1. The minimum atomic E-state index is -0.212. The van der Waals surface area contributed by atoms with Gasteiger partial charge >= 0.3 is 0 Å². The predicted molar refractivity (Wildman–Crippen MR) is 102 cm³/mol. The van der Waals surface area contributed by atoms with E-state index in [0.717, 1.165) is 16.2 Å². The summed E-state index contributed by atoms with van der Waals surface area (Å²) < 4.78 is 5.67. The summed E-state index contributed by atoms with van der Waals surface area (Å²) >= 11 is 1.61.